The van der Waals surface area contributed by atoms with Crippen molar-refractivity contribution in [1.29, 1.82) is 0 Å². The Labute approximate surface area is 110 Å². The summed E-state index contributed by atoms with van der Waals surface area (Å²) in [4.78, 5) is 4.00. The van der Waals surface area contributed by atoms with Crippen LogP contribution >= 0.6 is 22.9 Å². The Balaban J connectivity index is 2.06. The number of thiazole rings is 1. The van der Waals surface area contributed by atoms with E-state index in [-0.39, 0.29) is 0 Å². The standard InChI is InChI=1S/C11H8ClF3N2S/c12-9-5-17-10(18-9)6-16-8-3-1-2-7(4-8)11(13,14)15/h1-5,16H,6H2. The van der Waals surface area contributed by atoms with Crippen molar-refractivity contribution in [3.63, 3.8) is 0 Å². The van der Waals surface area contributed by atoms with Gasteiger partial charge in [-0.3, -0.25) is 0 Å². The lowest BCUT2D eigenvalue weighted by Crippen LogP contribution is -2.06. The predicted molar refractivity (Wildman–Crippen MR) is 65.9 cm³/mol. The Kier molecular flexibility index (Phi) is 3.77. The van der Waals surface area contributed by atoms with Crippen LogP contribution in [-0.4, -0.2) is 4.98 Å². The van der Waals surface area contributed by atoms with E-state index in [9.17, 15) is 13.2 Å². The normalized spacial score (nSPS) is 11.6. The molecule has 2 rings (SSSR count). The Morgan fingerprint density at radius 1 is 1.33 bits per heavy atom. The second-order valence-corrected chi connectivity index (χ2v) is 5.24. The largest absolute Gasteiger partial charge is 0.416 e. The molecule has 0 aliphatic heterocycles. The van der Waals surface area contributed by atoms with Gasteiger partial charge in [0.1, 0.15) is 9.34 Å². The molecule has 7 heteroatoms. The van der Waals surface area contributed by atoms with Crippen LogP contribution in [0.25, 0.3) is 0 Å². The Morgan fingerprint density at radius 3 is 2.72 bits per heavy atom. The van der Waals surface area contributed by atoms with Gasteiger partial charge in [0.2, 0.25) is 0 Å². The molecule has 0 radical (unpaired) electrons. The number of hydrogen-bond donors (Lipinski definition) is 1. The second-order valence-electron chi connectivity index (χ2n) is 3.49. The first-order valence-corrected chi connectivity index (χ1v) is 6.16. The molecule has 0 saturated carbocycles. The molecule has 0 bridgehead atoms. The van der Waals surface area contributed by atoms with Gasteiger partial charge in [0, 0.05) is 5.69 Å². The zero-order valence-corrected chi connectivity index (χ0v) is 10.5. The van der Waals surface area contributed by atoms with E-state index in [2.05, 4.69) is 10.3 Å². The quantitative estimate of drug-likeness (QED) is 0.905. The minimum absolute atomic E-state index is 0.346. The van der Waals surface area contributed by atoms with Crippen LogP contribution in [0.5, 0.6) is 0 Å². The summed E-state index contributed by atoms with van der Waals surface area (Å²) in [7, 11) is 0. The smallest absolute Gasteiger partial charge is 0.379 e. The zero-order valence-electron chi connectivity index (χ0n) is 8.96. The molecule has 2 aromatic rings. The van der Waals surface area contributed by atoms with Gasteiger partial charge in [-0.15, -0.1) is 11.3 Å². The van der Waals surface area contributed by atoms with E-state index in [1.165, 1.54) is 23.6 Å². The molecule has 1 heterocycles. The van der Waals surface area contributed by atoms with E-state index < -0.39 is 11.7 Å². The third-order valence-electron chi connectivity index (χ3n) is 2.16. The fourth-order valence-electron chi connectivity index (χ4n) is 1.35. The molecule has 0 unspecified atom stereocenters. The first-order valence-electron chi connectivity index (χ1n) is 4.96. The molecular weight excluding hydrogens is 285 g/mol. The summed E-state index contributed by atoms with van der Waals surface area (Å²) in [5.41, 5.74) is -0.277. The lowest BCUT2D eigenvalue weighted by Gasteiger charge is -2.09. The molecule has 18 heavy (non-hydrogen) atoms. The van der Waals surface area contributed by atoms with Crippen molar-refractivity contribution in [1.82, 2.24) is 4.98 Å². The third kappa shape index (κ3) is 3.36. The van der Waals surface area contributed by atoms with Gasteiger partial charge in [0.25, 0.3) is 0 Å². The number of nitrogens with zero attached hydrogens (tertiary/aromatic N) is 1. The first-order chi connectivity index (χ1) is 8.45. The first kappa shape index (κ1) is 13.2. The molecule has 0 amide bonds. The molecule has 0 aliphatic rings. The van der Waals surface area contributed by atoms with Crippen LogP contribution in [0.3, 0.4) is 0 Å². The molecule has 0 spiro atoms. The molecule has 96 valence electrons. The van der Waals surface area contributed by atoms with E-state index in [0.29, 0.717) is 16.6 Å². The predicted octanol–water partition coefficient (Wildman–Crippen LogP) is 4.43. The summed E-state index contributed by atoms with van der Waals surface area (Å²) in [6, 6.07) is 5.03. The van der Waals surface area contributed by atoms with Gasteiger partial charge in [-0.05, 0) is 18.2 Å². The molecule has 0 saturated heterocycles. The molecule has 1 N–H and O–H groups in total. The van der Waals surface area contributed by atoms with Crippen molar-refractivity contribution < 1.29 is 13.2 Å². The lowest BCUT2D eigenvalue weighted by atomic mass is 10.2. The molecule has 0 fully saturated rings. The van der Waals surface area contributed by atoms with Crippen molar-refractivity contribution in [3.05, 3.63) is 45.4 Å². The maximum atomic E-state index is 12.5. The van der Waals surface area contributed by atoms with Crippen molar-refractivity contribution >= 4 is 28.6 Å². The average molecular weight is 293 g/mol. The van der Waals surface area contributed by atoms with E-state index in [4.69, 9.17) is 11.6 Å². The monoisotopic (exact) mass is 292 g/mol. The number of halogens is 4. The van der Waals surface area contributed by atoms with Crippen LogP contribution in [-0.2, 0) is 12.7 Å². The maximum Gasteiger partial charge on any atom is 0.416 e. The Morgan fingerprint density at radius 2 is 2.11 bits per heavy atom. The number of alkyl halides is 3. The summed E-state index contributed by atoms with van der Waals surface area (Å²) in [5, 5.41) is 3.60. The molecule has 2 nitrogen and oxygen atoms in total. The Hall–Kier alpha value is -1.27. The fraction of sp³-hybridized carbons (Fsp3) is 0.182. The summed E-state index contributed by atoms with van der Waals surface area (Å²) < 4.78 is 38.0. The van der Waals surface area contributed by atoms with Crippen molar-refractivity contribution in [3.8, 4) is 0 Å². The van der Waals surface area contributed by atoms with Gasteiger partial charge in [-0.25, -0.2) is 4.98 Å². The van der Waals surface area contributed by atoms with Crippen LogP contribution in [0.2, 0.25) is 4.34 Å². The minimum Gasteiger partial charge on any atom is -0.379 e. The van der Waals surface area contributed by atoms with Crippen molar-refractivity contribution in [2.24, 2.45) is 0 Å². The zero-order chi connectivity index (χ0) is 13.2. The van der Waals surface area contributed by atoms with Crippen LogP contribution in [0, 0.1) is 0 Å². The highest BCUT2D eigenvalue weighted by Crippen LogP contribution is 2.30. The van der Waals surface area contributed by atoms with Gasteiger partial charge < -0.3 is 5.32 Å². The molecular formula is C11H8ClF3N2S. The van der Waals surface area contributed by atoms with E-state index in [1.54, 1.807) is 6.07 Å². The van der Waals surface area contributed by atoms with Gasteiger partial charge in [-0.2, -0.15) is 13.2 Å². The van der Waals surface area contributed by atoms with Gasteiger partial charge in [-0.1, -0.05) is 17.7 Å². The number of nitrogens with one attached hydrogen (secondary N) is 1. The van der Waals surface area contributed by atoms with Crippen LogP contribution in [0.15, 0.2) is 30.5 Å². The number of aromatic nitrogens is 1. The van der Waals surface area contributed by atoms with Gasteiger partial charge >= 0.3 is 6.18 Å². The molecule has 1 aromatic carbocycles. The maximum absolute atomic E-state index is 12.5. The van der Waals surface area contributed by atoms with Crippen LogP contribution in [0.1, 0.15) is 10.6 Å². The van der Waals surface area contributed by atoms with Crippen LogP contribution < -0.4 is 5.32 Å². The van der Waals surface area contributed by atoms with Gasteiger partial charge in [0.15, 0.2) is 0 Å². The Bertz CT molecular complexity index is 539. The summed E-state index contributed by atoms with van der Waals surface area (Å²) in [6.07, 6.45) is -2.82. The number of rotatable bonds is 3. The van der Waals surface area contributed by atoms with E-state index >= 15 is 0 Å². The average Bonchev–Trinajstić information content (AvgIpc) is 2.72. The van der Waals surface area contributed by atoms with E-state index in [1.807, 2.05) is 0 Å². The fourth-order valence-corrected chi connectivity index (χ4v) is 2.25. The third-order valence-corrected chi connectivity index (χ3v) is 3.27. The van der Waals surface area contributed by atoms with Crippen LogP contribution in [0.4, 0.5) is 18.9 Å². The second kappa shape index (κ2) is 5.16. The summed E-state index contributed by atoms with van der Waals surface area (Å²) in [6.45, 7) is 0.346. The van der Waals surface area contributed by atoms with E-state index in [0.717, 1.165) is 17.1 Å². The topological polar surface area (TPSA) is 24.9 Å². The highest BCUT2D eigenvalue weighted by molar-refractivity contribution is 7.15. The number of benzene rings is 1. The summed E-state index contributed by atoms with van der Waals surface area (Å²) >= 11 is 6.99. The van der Waals surface area contributed by atoms with Crippen molar-refractivity contribution in [2.75, 3.05) is 5.32 Å². The molecule has 0 aliphatic carbocycles. The minimum atomic E-state index is -4.33. The number of hydrogen-bond acceptors (Lipinski definition) is 3. The summed E-state index contributed by atoms with van der Waals surface area (Å²) in [5.74, 6) is 0. The highest BCUT2D eigenvalue weighted by Gasteiger charge is 2.30. The number of anilines is 1. The molecule has 1 aromatic heterocycles. The lowest BCUT2D eigenvalue weighted by molar-refractivity contribution is -0.137. The SMILES string of the molecule is FC(F)(F)c1cccc(NCc2ncc(Cl)s2)c1. The molecule has 0 atom stereocenters. The highest BCUT2D eigenvalue weighted by atomic mass is 35.5. The van der Waals surface area contributed by atoms with Gasteiger partial charge in [0.05, 0.1) is 18.3 Å². The van der Waals surface area contributed by atoms with Crippen molar-refractivity contribution in [2.45, 2.75) is 12.7 Å².